The Balaban J connectivity index is 0.953. The lowest BCUT2D eigenvalue weighted by Crippen LogP contribution is -2.00. The first-order valence-electron chi connectivity index (χ1n) is 22.3. The second-order valence-corrected chi connectivity index (χ2v) is 17.1. The summed E-state index contributed by atoms with van der Waals surface area (Å²) in [5, 5.41) is 7.30. The Labute approximate surface area is 379 Å². The summed E-state index contributed by atoms with van der Waals surface area (Å²) in [4.78, 5) is 15.0. The third-order valence-corrected chi connectivity index (χ3v) is 13.4. The van der Waals surface area contributed by atoms with Gasteiger partial charge in [-0.25, -0.2) is 15.0 Å². The first kappa shape index (κ1) is 36.5. The van der Waals surface area contributed by atoms with Gasteiger partial charge in [0.25, 0.3) is 0 Å². The van der Waals surface area contributed by atoms with Gasteiger partial charge in [0.1, 0.15) is 11.2 Å². The van der Waals surface area contributed by atoms with Gasteiger partial charge in [0.2, 0.25) is 0 Å². The molecule has 5 nitrogen and oxygen atoms in total. The van der Waals surface area contributed by atoms with E-state index in [0.29, 0.717) is 17.5 Å². The Morgan fingerprint density at radius 2 is 0.818 bits per heavy atom. The molecule has 306 valence electrons. The minimum atomic E-state index is 0.628. The summed E-state index contributed by atoms with van der Waals surface area (Å²) in [7, 11) is 0. The molecule has 3 aromatic heterocycles. The van der Waals surface area contributed by atoms with Crippen molar-refractivity contribution in [2.45, 2.75) is 0 Å². The van der Waals surface area contributed by atoms with Crippen LogP contribution in [0, 0.1) is 0 Å². The van der Waals surface area contributed by atoms with Crippen LogP contribution in [0.4, 0.5) is 0 Å². The van der Waals surface area contributed by atoms with Crippen LogP contribution in [0.1, 0.15) is 0 Å². The molecule has 0 amide bonds. The van der Waals surface area contributed by atoms with Crippen LogP contribution in [0.3, 0.4) is 0 Å². The Morgan fingerprint density at radius 1 is 0.288 bits per heavy atom. The van der Waals surface area contributed by atoms with E-state index < -0.39 is 0 Å². The van der Waals surface area contributed by atoms with Crippen molar-refractivity contribution in [2.75, 3.05) is 0 Å². The van der Waals surface area contributed by atoms with Crippen LogP contribution in [-0.2, 0) is 0 Å². The minimum absolute atomic E-state index is 0.628. The summed E-state index contributed by atoms with van der Waals surface area (Å²) >= 11 is 0. The molecule has 0 fully saturated rings. The summed E-state index contributed by atoms with van der Waals surface area (Å²) in [6.45, 7) is 0. The van der Waals surface area contributed by atoms with Crippen LogP contribution >= 0.6 is 0 Å². The van der Waals surface area contributed by atoms with Crippen molar-refractivity contribution < 1.29 is 4.42 Å². The molecule has 0 radical (unpaired) electrons. The molecule has 1 aliphatic rings. The number of aromatic nitrogens is 4. The van der Waals surface area contributed by atoms with Gasteiger partial charge in [-0.15, -0.1) is 0 Å². The molecule has 0 atom stereocenters. The highest BCUT2D eigenvalue weighted by Gasteiger charge is 2.26. The number of nitrogens with zero attached hydrogens (tertiary/aromatic N) is 4. The van der Waals surface area contributed by atoms with Crippen molar-refractivity contribution in [3.8, 4) is 84.4 Å². The Bertz CT molecular complexity index is 4050. The van der Waals surface area contributed by atoms with Gasteiger partial charge in [-0.2, -0.15) is 0 Å². The van der Waals surface area contributed by atoms with Crippen LogP contribution < -0.4 is 0 Å². The molecule has 14 rings (SSSR count). The van der Waals surface area contributed by atoms with Gasteiger partial charge in [-0.1, -0.05) is 164 Å². The molecule has 1 aliphatic carbocycles. The van der Waals surface area contributed by atoms with Crippen molar-refractivity contribution in [2.24, 2.45) is 0 Å². The Kier molecular flexibility index (Phi) is 7.91. The maximum Gasteiger partial charge on any atom is 0.164 e. The number of fused-ring (bicyclic) bond motifs is 10. The van der Waals surface area contributed by atoms with E-state index in [4.69, 9.17) is 19.4 Å². The summed E-state index contributed by atoms with van der Waals surface area (Å²) in [6.07, 6.45) is 0. The second-order valence-electron chi connectivity index (χ2n) is 17.1. The quantitative estimate of drug-likeness (QED) is 0.167. The molecule has 0 saturated carbocycles. The lowest BCUT2D eigenvalue weighted by Gasteiger charge is -2.13. The highest BCUT2D eigenvalue weighted by atomic mass is 16.3. The van der Waals surface area contributed by atoms with Crippen LogP contribution in [-0.4, -0.2) is 19.5 Å². The Hall–Kier alpha value is -8.93. The number of furan rings is 1. The van der Waals surface area contributed by atoms with Crippen LogP contribution in [0.25, 0.3) is 139 Å². The van der Waals surface area contributed by atoms with E-state index in [-0.39, 0.29) is 0 Å². The zero-order valence-electron chi connectivity index (χ0n) is 35.5. The van der Waals surface area contributed by atoms with E-state index in [0.717, 1.165) is 72.1 Å². The smallest absolute Gasteiger partial charge is 0.164 e. The highest BCUT2D eigenvalue weighted by molar-refractivity contribution is 6.29. The van der Waals surface area contributed by atoms with Crippen molar-refractivity contribution in [1.82, 2.24) is 19.5 Å². The second kappa shape index (κ2) is 14.3. The lowest BCUT2D eigenvalue weighted by molar-refractivity contribution is 0.669. The molecule has 13 aromatic rings. The lowest BCUT2D eigenvalue weighted by atomic mass is 9.96. The van der Waals surface area contributed by atoms with Crippen molar-refractivity contribution >= 4 is 54.5 Å². The first-order valence-corrected chi connectivity index (χ1v) is 22.3. The maximum atomic E-state index is 6.23. The van der Waals surface area contributed by atoms with Crippen LogP contribution in [0.2, 0.25) is 0 Å². The molecule has 0 aliphatic heterocycles. The molecule has 0 spiro atoms. The summed E-state index contributed by atoms with van der Waals surface area (Å²) < 4.78 is 8.69. The zero-order valence-corrected chi connectivity index (χ0v) is 35.5. The van der Waals surface area contributed by atoms with E-state index in [1.54, 1.807) is 0 Å². The molecule has 0 bridgehead atoms. The predicted molar refractivity (Wildman–Crippen MR) is 271 cm³/mol. The van der Waals surface area contributed by atoms with Gasteiger partial charge in [-0.3, -0.25) is 0 Å². The molecule has 0 unspecified atom stereocenters. The fourth-order valence-corrected chi connectivity index (χ4v) is 10.3. The van der Waals surface area contributed by atoms with Gasteiger partial charge >= 0.3 is 0 Å². The predicted octanol–water partition coefficient (Wildman–Crippen LogP) is 16.0. The topological polar surface area (TPSA) is 56.7 Å². The average Bonchev–Trinajstić information content (AvgIpc) is 4.05. The first-order chi connectivity index (χ1) is 32.7. The van der Waals surface area contributed by atoms with Crippen molar-refractivity contribution in [1.29, 1.82) is 0 Å². The zero-order chi connectivity index (χ0) is 43.3. The monoisotopic (exact) mass is 840 g/mol. The molecule has 66 heavy (non-hydrogen) atoms. The molecule has 5 heteroatoms. The number of hydrogen-bond donors (Lipinski definition) is 0. The largest absolute Gasteiger partial charge is 0.456 e. The number of para-hydroxylation sites is 1. The minimum Gasteiger partial charge on any atom is -0.456 e. The fraction of sp³-hybridized carbons (Fsp3) is 0. The summed E-state index contributed by atoms with van der Waals surface area (Å²) in [5.41, 5.74) is 17.6. The van der Waals surface area contributed by atoms with E-state index in [9.17, 15) is 0 Å². The summed E-state index contributed by atoms with van der Waals surface area (Å²) in [6, 6.07) is 77.6. The normalized spacial score (nSPS) is 11.9. The van der Waals surface area contributed by atoms with E-state index in [1.807, 2.05) is 72.8 Å². The molecule has 3 heterocycles. The Morgan fingerprint density at radius 3 is 1.59 bits per heavy atom. The molecular formula is C61H36N4O. The third kappa shape index (κ3) is 5.63. The summed E-state index contributed by atoms with van der Waals surface area (Å²) in [5.74, 6) is 1.91. The van der Waals surface area contributed by atoms with Gasteiger partial charge < -0.3 is 8.98 Å². The van der Waals surface area contributed by atoms with Gasteiger partial charge in [0.15, 0.2) is 17.5 Å². The van der Waals surface area contributed by atoms with E-state index in [2.05, 4.69) is 150 Å². The van der Waals surface area contributed by atoms with Crippen molar-refractivity contribution in [3.63, 3.8) is 0 Å². The van der Waals surface area contributed by atoms with Gasteiger partial charge in [0.05, 0.1) is 11.0 Å². The van der Waals surface area contributed by atoms with Gasteiger partial charge in [-0.05, 0) is 110 Å². The van der Waals surface area contributed by atoms with Crippen molar-refractivity contribution in [3.05, 3.63) is 218 Å². The highest BCUT2D eigenvalue weighted by Crippen LogP contribution is 2.51. The van der Waals surface area contributed by atoms with Crippen LogP contribution in [0.5, 0.6) is 0 Å². The average molecular weight is 841 g/mol. The molecule has 0 N–H and O–H groups in total. The number of rotatable bonds is 6. The van der Waals surface area contributed by atoms with E-state index >= 15 is 0 Å². The van der Waals surface area contributed by atoms with Crippen LogP contribution in [0.15, 0.2) is 223 Å². The van der Waals surface area contributed by atoms with E-state index in [1.165, 1.54) is 49.3 Å². The molecular weight excluding hydrogens is 805 g/mol. The third-order valence-electron chi connectivity index (χ3n) is 13.4. The SMILES string of the molecule is c1ccc(-c2nc(-c3ccccc3)nc(-c3cccc(-c4cccc(-n5c6ccc(-c7ccc8oc9ccccc9c8c7)cc6c6c7cccc8c7c(cc65)-c5ccccc5-8)c4)c3)n2)cc1. The standard InChI is InChI=1S/C61H36N4O/c1-3-14-37(15-4-1)59-62-60(38-16-5-2-6-17-38)64-61(63-59)43-20-11-18-39(32-43)40-19-12-21-44(33-40)65-53-30-28-41(42-29-31-56-50(34-42)47-24-9-10-27-55(47)66-56)35-52(53)58-49-26-13-25-48-45-22-7-8-23-46(45)51(57(48)49)36-54(58)65/h1-36H. The molecule has 0 saturated heterocycles. The van der Waals surface area contributed by atoms with Gasteiger partial charge in [0, 0.05) is 43.9 Å². The maximum absolute atomic E-state index is 6.23. The number of benzene rings is 10. The molecule has 10 aromatic carbocycles. The fourth-order valence-electron chi connectivity index (χ4n) is 10.3. The number of hydrogen-bond acceptors (Lipinski definition) is 4.